The number of hydrogen-bond acceptors (Lipinski definition) is 2. The van der Waals surface area contributed by atoms with Crippen LogP contribution in [-0.2, 0) is 18.9 Å². The van der Waals surface area contributed by atoms with Gasteiger partial charge in [-0.2, -0.15) is 0 Å². The van der Waals surface area contributed by atoms with Crippen LogP contribution in [0.4, 0.5) is 5.69 Å². The Morgan fingerprint density at radius 3 is 1.88 bits per heavy atom. The molecule has 232 valence electrons. The van der Waals surface area contributed by atoms with Gasteiger partial charge in [0.25, 0.3) is 0 Å². The van der Waals surface area contributed by atoms with Gasteiger partial charge in [-0.15, -0.1) is 5.41 Å². The summed E-state index contributed by atoms with van der Waals surface area (Å²) in [5, 5.41) is 0. The third kappa shape index (κ3) is 8.71. The molecule has 0 aliphatic carbocycles. The van der Waals surface area contributed by atoms with Crippen molar-refractivity contribution in [1.29, 1.82) is 0 Å². The number of nitrogens with zero attached hydrogens (tertiary/aromatic N) is 1. The number of para-hydroxylation sites is 2. The summed E-state index contributed by atoms with van der Waals surface area (Å²) in [6.07, 6.45) is 1.28. The van der Waals surface area contributed by atoms with Crippen molar-refractivity contribution < 1.29 is 18.3 Å². The van der Waals surface area contributed by atoms with Gasteiger partial charge in [0.2, 0.25) is 0 Å². The van der Waals surface area contributed by atoms with E-state index in [2.05, 4.69) is 110 Å². The third-order valence-electron chi connectivity index (χ3n) is 7.80. The molecule has 42 heavy (non-hydrogen) atoms. The van der Waals surface area contributed by atoms with E-state index >= 15 is 0 Å². The van der Waals surface area contributed by atoms with E-state index in [9.17, 15) is 0 Å². The van der Waals surface area contributed by atoms with Gasteiger partial charge in [0, 0.05) is 11.2 Å². The predicted octanol–water partition coefficient (Wildman–Crippen LogP) is 11.2. The number of rotatable bonds is 7. The minimum Gasteiger partial charge on any atom is -0.517 e. The average Bonchev–Trinajstić information content (AvgIpc) is 3.13. The van der Waals surface area contributed by atoms with Crippen LogP contribution in [0.3, 0.4) is 0 Å². The van der Waals surface area contributed by atoms with E-state index in [1.807, 2.05) is 42.7 Å². The summed E-state index contributed by atoms with van der Waals surface area (Å²) >= 11 is -1.77. The summed E-state index contributed by atoms with van der Waals surface area (Å²) in [5.41, 5.74) is 9.60. The third-order valence-corrected chi connectivity index (χ3v) is 9.63. The van der Waals surface area contributed by atoms with E-state index in [-0.39, 0.29) is 17.1 Å². The van der Waals surface area contributed by atoms with Crippen LogP contribution in [0.15, 0.2) is 60.7 Å². The Balaban J connectivity index is 0.000000291. The Morgan fingerprint density at radius 1 is 0.833 bits per heavy atom. The molecule has 0 aromatic heterocycles. The summed E-state index contributed by atoms with van der Waals surface area (Å²) in [5.74, 6) is 1.86. The first-order valence-corrected chi connectivity index (χ1v) is 20.5. The SMILES string of the molecule is CC(C)Oc1ccccc1[CH]=[Ru]([Cl])[Cl].Cc1cc(C)cc([C@@]2(C)[CH-]N(c3c(C(C)C)cccc3C(C)C)C(C)(C)C2)c1. The van der Waals surface area contributed by atoms with Crippen molar-refractivity contribution in [1.82, 2.24) is 0 Å². The maximum Gasteiger partial charge on any atom is 0.0145 e. The second-order valence-electron chi connectivity index (χ2n) is 13.4. The molecule has 0 N–H and O–H groups in total. The van der Waals surface area contributed by atoms with Crippen LogP contribution < -0.4 is 9.64 Å². The molecule has 5 heteroatoms. The molecular weight excluding hydrogens is 646 g/mol. The van der Waals surface area contributed by atoms with Gasteiger partial charge in [-0.25, -0.2) is 6.54 Å². The Kier molecular flexibility index (Phi) is 11.9. The first-order chi connectivity index (χ1) is 19.5. The first-order valence-electron chi connectivity index (χ1n) is 15.0. The van der Waals surface area contributed by atoms with Crippen LogP contribution >= 0.6 is 19.4 Å². The topological polar surface area (TPSA) is 12.5 Å². The Morgan fingerprint density at radius 2 is 1.38 bits per heavy atom. The van der Waals surface area contributed by atoms with Crippen molar-refractivity contribution in [3.05, 3.63) is 101 Å². The zero-order valence-electron chi connectivity index (χ0n) is 27.3. The largest absolute Gasteiger partial charge is 0.517 e. The number of anilines is 1. The molecule has 3 aromatic carbocycles. The van der Waals surface area contributed by atoms with Crippen molar-refractivity contribution in [3.63, 3.8) is 0 Å². The quantitative estimate of drug-likeness (QED) is 0.180. The molecule has 1 aliphatic heterocycles. The van der Waals surface area contributed by atoms with Gasteiger partial charge in [0.05, 0.1) is 0 Å². The monoisotopic (exact) mass is 696 g/mol. The maximum absolute atomic E-state index is 5.82. The van der Waals surface area contributed by atoms with Gasteiger partial charge < -0.3 is 4.90 Å². The standard InChI is InChI=1S/C27H38N.C10H12O.2ClH.Ru/c1-18(2)23-11-10-12-24(19(3)4)25(23)28-17-27(9,16-26(28,7)8)22-14-20(5)13-21(6)15-22;1-8(2)11-10-7-5-4-6-9(10)3;;;/h10-15,17-19H,16H2,1-9H3;3-8H,1-2H3;2*1H;/q-1;;;;+2/p-2/t27-;;;;/m1..../s1. The number of halogens is 2. The summed E-state index contributed by atoms with van der Waals surface area (Å²) in [7, 11) is 11.6. The average molecular weight is 697 g/mol. The van der Waals surface area contributed by atoms with Crippen molar-refractivity contribution in [3.8, 4) is 5.75 Å². The second-order valence-corrected chi connectivity index (χ2v) is 19.1. The first kappa shape index (κ1) is 34.8. The van der Waals surface area contributed by atoms with Gasteiger partial charge >= 0.3 is 97.8 Å². The molecule has 0 radical (unpaired) electrons. The van der Waals surface area contributed by atoms with Gasteiger partial charge in [-0.05, 0) is 57.1 Å². The molecule has 1 atom stereocenters. The van der Waals surface area contributed by atoms with Crippen LogP contribution in [0.5, 0.6) is 5.75 Å². The molecule has 0 unspecified atom stereocenters. The van der Waals surface area contributed by atoms with Crippen molar-refractivity contribution >= 4 is 29.7 Å². The summed E-state index contributed by atoms with van der Waals surface area (Å²) in [6.45, 7) is 27.4. The van der Waals surface area contributed by atoms with Crippen LogP contribution in [0.25, 0.3) is 0 Å². The molecule has 2 nitrogen and oxygen atoms in total. The van der Waals surface area contributed by atoms with Crippen LogP contribution in [0, 0.1) is 20.4 Å². The van der Waals surface area contributed by atoms with Gasteiger partial charge in [0.15, 0.2) is 0 Å². The number of benzene rings is 3. The van der Waals surface area contributed by atoms with Crippen molar-refractivity contribution in [2.75, 3.05) is 4.90 Å². The van der Waals surface area contributed by atoms with E-state index in [4.69, 9.17) is 24.1 Å². The molecule has 0 saturated carbocycles. The zero-order valence-corrected chi connectivity index (χ0v) is 30.6. The van der Waals surface area contributed by atoms with Crippen molar-refractivity contribution in [2.45, 2.75) is 111 Å². The van der Waals surface area contributed by atoms with Gasteiger partial charge in [0.1, 0.15) is 0 Å². The zero-order chi connectivity index (χ0) is 31.4. The minimum atomic E-state index is -1.77. The second kappa shape index (κ2) is 14.4. The normalized spacial score (nSPS) is 18.3. The van der Waals surface area contributed by atoms with Gasteiger partial charge in [-0.1, -0.05) is 87.7 Å². The van der Waals surface area contributed by atoms with Crippen LogP contribution in [0.1, 0.15) is 114 Å². The fourth-order valence-electron chi connectivity index (χ4n) is 6.14. The molecular formula is C37H50Cl2NORu-. The summed E-state index contributed by atoms with van der Waals surface area (Å²) in [4.78, 5) is 2.61. The molecule has 1 heterocycles. The molecule has 0 amide bonds. The molecule has 1 aliphatic rings. The molecule has 0 spiro atoms. The van der Waals surface area contributed by atoms with Crippen molar-refractivity contribution in [2.24, 2.45) is 0 Å². The fourth-order valence-corrected chi connectivity index (χ4v) is 7.94. The number of hydrogen-bond donors (Lipinski definition) is 0. The Labute approximate surface area is 269 Å². The predicted molar refractivity (Wildman–Crippen MR) is 182 cm³/mol. The minimum absolute atomic E-state index is 0.0403. The number of ether oxygens (including phenoxy) is 1. The number of aryl methyl sites for hydroxylation is 2. The Bertz CT molecular complexity index is 1340. The summed E-state index contributed by atoms with van der Waals surface area (Å²) < 4.78 is 7.51. The molecule has 1 fully saturated rings. The fraction of sp³-hybridized carbons (Fsp3) is 0.459. The van der Waals surface area contributed by atoms with E-state index in [0.29, 0.717) is 11.8 Å². The van der Waals surface area contributed by atoms with E-state index < -0.39 is 13.5 Å². The van der Waals surface area contributed by atoms with Crippen LogP contribution in [-0.4, -0.2) is 16.3 Å². The van der Waals surface area contributed by atoms with E-state index in [1.54, 1.807) is 0 Å². The Hall–Kier alpha value is -1.67. The molecule has 1 saturated heterocycles. The molecule has 3 aromatic rings. The van der Waals surface area contributed by atoms with Crippen LogP contribution in [0.2, 0.25) is 0 Å². The van der Waals surface area contributed by atoms with E-state index in [0.717, 1.165) is 17.7 Å². The summed E-state index contributed by atoms with van der Waals surface area (Å²) in [6, 6.07) is 21.7. The molecule has 0 bridgehead atoms. The van der Waals surface area contributed by atoms with E-state index in [1.165, 1.54) is 33.5 Å². The molecule has 4 rings (SSSR count). The van der Waals surface area contributed by atoms with Gasteiger partial charge in [-0.3, -0.25) is 0 Å². The smallest absolute Gasteiger partial charge is 0.0145 e. The maximum atomic E-state index is 5.82.